The fraction of sp³-hybridized carbons (Fsp3) is 0.250. The van der Waals surface area contributed by atoms with Crippen molar-refractivity contribution in [3.8, 4) is 0 Å². The molecule has 384 valence electrons. The maximum atomic E-state index is 8.42. The SMILES string of the molecule is Cc1ccccc1C(c1ccccc1C)C(C)(OB(OC(C)(c1ccccc1C)C(c1ccccc1C)c1ccccc1C)OC(C)(c1ccccc1C)C(c1ccccc1C)c1ccccc1C)c1ccccc1C. The summed E-state index contributed by atoms with van der Waals surface area (Å²) in [6, 6.07) is 78.8. The minimum Gasteiger partial charge on any atom is -0.375 e. The van der Waals surface area contributed by atoms with Gasteiger partial charge in [-0.15, -0.1) is 0 Å². The zero-order chi connectivity index (χ0) is 53.8. The van der Waals surface area contributed by atoms with Gasteiger partial charge in [0.25, 0.3) is 0 Å². The average molecular weight is 999 g/mol. The zero-order valence-corrected chi connectivity index (χ0v) is 46.8. The Bertz CT molecular complexity index is 2970. The van der Waals surface area contributed by atoms with E-state index in [0.29, 0.717) is 0 Å². The predicted octanol–water partition coefficient (Wildman–Crippen LogP) is 18.0. The zero-order valence-electron chi connectivity index (χ0n) is 46.8. The topological polar surface area (TPSA) is 27.7 Å². The molecular weight excluding hydrogens is 924 g/mol. The van der Waals surface area contributed by atoms with Gasteiger partial charge in [0.2, 0.25) is 0 Å². The van der Waals surface area contributed by atoms with Crippen LogP contribution in [-0.4, -0.2) is 7.32 Å². The highest BCUT2D eigenvalue weighted by atomic mass is 16.8. The van der Waals surface area contributed by atoms with E-state index in [1.165, 1.54) is 66.8 Å². The van der Waals surface area contributed by atoms with Crippen LogP contribution in [0.15, 0.2) is 218 Å². The first-order valence-electron chi connectivity index (χ1n) is 27.1. The summed E-state index contributed by atoms with van der Waals surface area (Å²) in [5, 5.41) is 0. The highest BCUT2D eigenvalue weighted by molar-refractivity contribution is 6.37. The van der Waals surface area contributed by atoms with E-state index in [4.69, 9.17) is 14.0 Å². The summed E-state index contributed by atoms with van der Waals surface area (Å²) in [4.78, 5) is 0. The normalized spacial score (nSPS) is 14.1. The molecular formula is C72H75BO3. The molecule has 0 N–H and O–H groups in total. The summed E-state index contributed by atoms with van der Waals surface area (Å²) >= 11 is 0. The third-order valence-corrected chi connectivity index (χ3v) is 16.7. The number of rotatable bonds is 18. The van der Waals surface area contributed by atoms with Gasteiger partial charge in [-0.1, -0.05) is 218 Å². The molecule has 0 saturated carbocycles. The van der Waals surface area contributed by atoms with Gasteiger partial charge in [-0.05, 0) is 183 Å². The second-order valence-corrected chi connectivity index (χ2v) is 21.8. The Morgan fingerprint density at radius 2 is 0.395 bits per heavy atom. The number of benzene rings is 9. The molecule has 9 aromatic rings. The molecule has 9 aromatic carbocycles. The highest BCUT2D eigenvalue weighted by Crippen LogP contribution is 2.54. The van der Waals surface area contributed by atoms with E-state index < -0.39 is 24.1 Å². The van der Waals surface area contributed by atoms with Crippen LogP contribution in [0.1, 0.15) is 139 Å². The molecule has 9 rings (SSSR count). The van der Waals surface area contributed by atoms with E-state index in [2.05, 4.69) is 301 Å². The van der Waals surface area contributed by atoms with Crippen LogP contribution in [-0.2, 0) is 30.8 Å². The summed E-state index contributed by atoms with van der Waals surface area (Å²) in [5.74, 6) is -0.980. The quantitative estimate of drug-likeness (QED) is 0.0802. The van der Waals surface area contributed by atoms with E-state index in [-0.39, 0.29) is 17.8 Å². The van der Waals surface area contributed by atoms with E-state index in [1.54, 1.807) is 0 Å². The predicted molar refractivity (Wildman–Crippen MR) is 317 cm³/mol. The van der Waals surface area contributed by atoms with Crippen molar-refractivity contribution in [2.75, 3.05) is 0 Å². The molecule has 0 bridgehead atoms. The van der Waals surface area contributed by atoms with Gasteiger partial charge in [0, 0.05) is 17.8 Å². The van der Waals surface area contributed by atoms with Crippen LogP contribution >= 0.6 is 0 Å². The summed E-state index contributed by atoms with van der Waals surface area (Å²) in [7, 11) is -1.33. The molecule has 0 spiro atoms. The lowest BCUT2D eigenvalue weighted by Crippen LogP contribution is -2.52. The molecule has 3 atom stereocenters. The van der Waals surface area contributed by atoms with E-state index in [0.717, 1.165) is 33.4 Å². The van der Waals surface area contributed by atoms with Crippen molar-refractivity contribution >= 4 is 7.32 Å². The Hall–Kier alpha value is -7.08. The lowest BCUT2D eigenvalue weighted by atomic mass is 9.69. The van der Waals surface area contributed by atoms with Gasteiger partial charge in [-0.3, -0.25) is 0 Å². The van der Waals surface area contributed by atoms with Crippen molar-refractivity contribution in [2.24, 2.45) is 0 Å². The van der Waals surface area contributed by atoms with Crippen LogP contribution in [0.4, 0.5) is 0 Å². The largest absolute Gasteiger partial charge is 0.641 e. The smallest absolute Gasteiger partial charge is 0.375 e. The first-order valence-corrected chi connectivity index (χ1v) is 27.1. The Kier molecular flexibility index (Phi) is 16.0. The first kappa shape index (κ1) is 53.7. The molecule has 76 heavy (non-hydrogen) atoms. The van der Waals surface area contributed by atoms with Gasteiger partial charge in [0.05, 0.1) is 16.8 Å². The van der Waals surface area contributed by atoms with Crippen LogP contribution in [0.25, 0.3) is 0 Å². The Morgan fingerprint density at radius 3 is 0.566 bits per heavy atom. The monoisotopic (exact) mass is 999 g/mol. The molecule has 0 aliphatic carbocycles. The van der Waals surface area contributed by atoms with Crippen molar-refractivity contribution in [3.63, 3.8) is 0 Å². The van der Waals surface area contributed by atoms with E-state index in [9.17, 15) is 0 Å². The first-order chi connectivity index (χ1) is 36.6. The summed E-state index contributed by atoms with van der Waals surface area (Å²) < 4.78 is 25.3. The molecule has 3 nitrogen and oxygen atoms in total. The van der Waals surface area contributed by atoms with Gasteiger partial charge in [-0.2, -0.15) is 0 Å². The molecule has 0 aliphatic rings. The number of hydrogen-bond donors (Lipinski definition) is 0. The Balaban J connectivity index is 1.42. The second kappa shape index (κ2) is 22.6. The molecule has 0 fully saturated rings. The molecule has 0 aromatic heterocycles. The van der Waals surface area contributed by atoms with Gasteiger partial charge in [-0.25, -0.2) is 0 Å². The van der Waals surface area contributed by atoms with E-state index >= 15 is 0 Å². The minimum atomic E-state index is -1.33. The lowest BCUT2D eigenvalue weighted by Gasteiger charge is -2.48. The lowest BCUT2D eigenvalue weighted by molar-refractivity contribution is -0.0972. The van der Waals surface area contributed by atoms with Crippen LogP contribution in [0.3, 0.4) is 0 Å². The molecule has 0 aliphatic heterocycles. The molecule has 0 heterocycles. The maximum Gasteiger partial charge on any atom is 0.641 e. The van der Waals surface area contributed by atoms with Crippen LogP contribution < -0.4 is 0 Å². The Morgan fingerprint density at radius 1 is 0.237 bits per heavy atom. The summed E-state index contributed by atoms with van der Waals surface area (Å²) in [6.45, 7) is 26.7. The molecule has 0 saturated heterocycles. The van der Waals surface area contributed by atoms with Gasteiger partial charge in [0.15, 0.2) is 0 Å². The van der Waals surface area contributed by atoms with Gasteiger partial charge >= 0.3 is 7.32 Å². The fourth-order valence-electron chi connectivity index (χ4n) is 12.7. The molecule has 3 unspecified atom stereocenters. The third-order valence-electron chi connectivity index (χ3n) is 16.7. The molecule has 0 amide bonds. The van der Waals surface area contributed by atoms with Crippen LogP contribution in [0.2, 0.25) is 0 Å². The van der Waals surface area contributed by atoms with Crippen molar-refractivity contribution in [3.05, 3.63) is 319 Å². The van der Waals surface area contributed by atoms with Crippen molar-refractivity contribution in [1.82, 2.24) is 0 Å². The van der Waals surface area contributed by atoms with Crippen molar-refractivity contribution in [2.45, 2.75) is 118 Å². The average Bonchev–Trinajstić information content (AvgIpc) is 3.44. The van der Waals surface area contributed by atoms with Gasteiger partial charge in [0.1, 0.15) is 0 Å². The molecule has 4 heteroatoms. The summed E-state index contributed by atoms with van der Waals surface area (Å²) in [6.07, 6.45) is 0. The number of hydrogen-bond acceptors (Lipinski definition) is 3. The number of aryl methyl sites for hydroxylation is 9. The van der Waals surface area contributed by atoms with Crippen LogP contribution in [0, 0.1) is 62.3 Å². The Labute approximate surface area is 455 Å². The van der Waals surface area contributed by atoms with Crippen LogP contribution in [0.5, 0.6) is 0 Å². The second-order valence-electron chi connectivity index (χ2n) is 21.8. The summed E-state index contributed by atoms with van der Waals surface area (Å²) in [5.41, 5.74) is 17.1. The maximum absolute atomic E-state index is 8.42. The fourth-order valence-corrected chi connectivity index (χ4v) is 12.7. The minimum absolute atomic E-state index is 0.327. The van der Waals surface area contributed by atoms with Crippen molar-refractivity contribution < 1.29 is 14.0 Å². The van der Waals surface area contributed by atoms with Crippen molar-refractivity contribution in [1.29, 1.82) is 0 Å². The van der Waals surface area contributed by atoms with E-state index in [1.807, 2.05) is 0 Å². The van der Waals surface area contributed by atoms with Gasteiger partial charge < -0.3 is 14.0 Å². The molecule has 0 radical (unpaired) electrons. The standard InChI is InChI=1S/C72H75BO3/c1-49-31-13-22-40-58(49)67(59-41-23-14-32-50(59)2)70(10,64-46-28-19-37-55(64)7)74-73(75-71(11,65-47-29-20-38-56(65)8)68(60-42-24-15-33-51(60)3)61-43-25-16-34-52(61)4)76-72(12,66-48-30-21-39-57(66)9)69(62-44-26-17-35-53(62)5)63-45-27-18-36-54(63)6/h13-48,67-69H,1-12H3. The highest BCUT2D eigenvalue weighted by Gasteiger charge is 2.54. The third kappa shape index (κ3) is 10.4.